The van der Waals surface area contributed by atoms with Crippen molar-refractivity contribution in [3.63, 3.8) is 0 Å². The van der Waals surface area contributed by atoms with E-state index in [-0.39, 0.29) is 11.6 Å². The van der Waals surface area contributed by atoms with Gasteiger partial charge in [0, 0.05) is 5.56 Å². The third-order valence-corrected chi connectivity index (χ3v) is 4.16. The van der Waals surface area contributed by atoms with Crippen LogP contribution in [0.4, 0.5) is 0 Å². The van der Waals surface area contributed by atoms with Gasteiger partial charge in [0.1, 0.15) is 5.56 Å². The van der Waals surface area contributed by atoms with E-state index in [0.29, 0.717) is 5.69 Å². The Labute approximate surface area is 128 Å². The summed E-state index contributed by atoms with van der Waals surface area (Å²) >= 11 is 0. The van der Waals surface area contributed by atoms with E-state index >= 15 is 0 Å². The minimum absolute atomic E-state index is 0.00279. The number of rotatable bonds is 3. The molecule has 1 aromatic heterocycles. The van der Waals surface area contributed by atoms with Crippen molar-refractivity contribution in [3.8, 4) is 11.3 Å². The predicted octanol–water partition coefficient (Wildman–Crippen LogP) is 3.11. The van der Waals surface area contributed by atoms with Crippen LogP contribution in [0.1, 0.15) is 48.5 Å². The molecule has 0 amide bonds. The zero-order valence-electron chi connectivity index (χ0n) is 12.2. The molecule has 0 saturated heterocycles. The standard InChI is InChI=1S/C17H18N2O3/c20-16-14(17(21)22)11-15(12-7-3-1-4-8-12)18-19(16)13-9-5-2-6-10-13/h1,3-4,7-8,11,13H,2,5-6,9-10H2,(H,21,22). The molecule has 1 saturated carbocycles. The summed E-state index contributed by atoms with van der Waals surface area (Å²) in [7, 11) is 0. The molecule has 0 bridgehead atoms. The van der Waals surface area contributed by atoms with E-state index in [1.54, 1.807) is 0 Å². The SMILES string of the molecule is O=C(O)c1cc(-c2ccccc2)nn(C2CCCCC2)c1=O. The van der Waals surface area contributed by atoms with E-state index in [4.69, 9.17) is 0 Å². The normalized spacial score (nSPS) is 15.6. The number of carboxylic acid groups (broad SMARTS) is 1. The first-order valence-electron chi connectivity index (χ1n) is 7.59. The molecule has 1 N–H and O–H groups in total. The van der Waals surface area contributed by atoms with Crippen molar-refractivity contribution in [2.24, 2.45) is 0 Å². The Morgan fingerprint density at radius 2 is 1.82 bits per heavy atom. The van der Waals surface area contributed by atoms with Gasteiger partial charge in [-0.05, 0) is 18.9 Å². The number of benzene rings is 1. The average Bonchev–Trinajstić information content (AvgIpc) is 2.56. The molecule has 0 radical (unpaired) electrons. The monoisotopic (exact) mass is 298 g/mol. The number of hydrogen-bond donors (Lipinski definition) is 1. The molecule has 5 nitrogen and oxygen atoms in total. The largest absolute Gasteiger partial charge is 0.477 e. The maximum atomic E-state index is 12.4. The fraction of sp³-hybridized carbons (Fsp3) is 0.353. The molecule has 0 spiro atoms. The Morgan fingerprint density at radius 1 is 1.14 bits per heavy atom. The summed E-state index contributed by atoms with van der Waals surface area (Å²) < 4.78 is 1.39. The van der Waals surface area contributed by atoms with Gasteiger partial charge in [0.15, 0.2) is 0 Å². The Hall–Kier alpha value is -2.43. The lowest BCUT2D eigenvalue weighted by Crippen LogP contribution is -2.33. The van der Waals surface area contributed by atoms with Crippen LogP contribution >= 0.6 is 0 Å². The van der Waals surface area contributed by atoms with Crippen molar-refractivity contribution < 1.29 is 9.90 Å². The summed E-state index contributed by atoms with van der Waals surface area (Å²) in [6.07, 6.45) is 5.03. The number of carbonyl (C=O) groups is 1. The zero-order valence-corrected chi connectivity index (χ0v) is 12.2. The van der Waals surface area contributed by atoms with Crippen LogP contribution in [0.15, 0.2) is 41.2 Å². The van der Waals surface area contributed by atoms with Crippen LogP contribution in [0.5, 0.6) is 0 Å². The Kier molecular flexibility index (Phi) is 4.04. The lowest BCUT2D eigenvalue weighted by Gasteiger charge is -2.23. The maximum absolute atomic E-state index is 12.4. The topological polar surface area (TPSA) is 72.2 Å². The average molecular weight is 298 g/mol. The maximum Gasteiger partial charge on any atom is 0.341 e. The highest BCUT2D eigenvalue weighted by Gasteiger charge is 2.22. The van der Waals surface area contributed by atoms with E-state index in [1.807, 2.05) is 30.3 Å². The minimum Gasteiger partial charge on any atom is -0.477 e. The quantitative estimate of drug-likeness (QED) is 0.945. The third kappa shape index (κ3) is 2.79. The van der Waals surface area contributed by atoms with Gasteiger partial charge in [-0.1, -0.05) is 49.6 Å². The Bertz CT molecular complexity index is 731. The van der Waals surface area contributed by atoms with Gasteiger partial charge in [0.2, 0.25) is 0 Å². The van der Waals surface area contributed by atoms with Gasteiger partial charge in [0.05, 0.1) is 11.7 Å². The van der Waals surface area contributed by atoms with Gasteiger partial charge in [-0.25, -0.2) is 9.48 Å². The second-order valence-corrected chi connectivity index (χ2v) is 5.66. The molecule has 1 aliphatic carbocycles. The molecular weight excluding hydrogens is 280 g/mol. The number of aromatic carboxylic acids is 1. The van der Waals surface area contributed by atoms with Crippen LogP contribution in [0.2, 0.25) is 0 Å². The first-order valence-corrected chi connectivity index (χ1v) is 7.59. The van der Waals surface area contributed by atoms with E-state index in [0.717, 1.165) is 37.7 Å². The Balaban J connectivity index is 2.14. The molecule has 2 aromatic rings. The molecule has 1 aliphatic rings. The molecule has 0 atom stereocenters. The first-order chi connectivity index (χ1) is 10.7. The summed E-state index contributed by atoms with van der Waals surface area (Å²) in [5.41, 5.74) is 0.635. The van der Waals surface area contributed by atoms with Crippen molar-refractivity contribution in [1.29, 1.82) is 0 Å². The molecule has 1 aromatic carbocycles. The number of hydrogen-bond acceptors (Lipinski definition) is 3. The molecule has 114 valence electrons. The van der Waals surface area contributed by atoms with Crippen molar-refractivity contribution >= 4 is 5.97 Å². The summed E-state index contributed by atoms with van der Waals surface area (Å²) in [5.74, 6) is -1.20. The van der Waals surface area contributed by atoms with Gasteiger partial charge >= 0.3 is 5.97 Å². The molecular formula is C17H18N2O3. The van der Waals surface area contributed by atoms with Gasteiger partial charge in [-0.15, -0.1) is 0 Å². The van der Waals surface area contributed by atoms with Gasteiger partial charge in [-0.3, -0.25) is 4.79 Å². The summed E-state index contributed by atoms with van der Waals surface area (Å²) in [6, 6.07) is 10.7. The van der Waals surface area contributed by atoms with Crippen molar-refractivity contribution in [2.45, 2.75) is 38.1 Å². The molecule has 0 aliphatic heterocycles. The zero-order chi connectivity index (χ0) is 15.5. The van der Waals surface area contributed by atoms with Crippen molar-refractivity contribution in [2.75, 3.05) is 0 Å². The van der Waals surface area contributed by atoms with Gasteiger partial charge in [0.25, 0.3) is 5.56 Å². The molecule has 3 rings (SSSR count). The summed E-state index contributed by atoms with van der Waals surface area (Å²) in [6.45, 7) is 0. The summed E-state index contributed by atoms with van der Waals surface area (Å²) in [4.78, 5) is 23.8. The smallest absolute Gasteiger partial charge is 0.341 e. The molecule has 1 fully saturated rings. The molecule has 1 heterocycles. The first kappa shape index (κ1) is 14.5. The number of aromatic nitrogens is 2. The highest BCUT2D eigenvalue weighted by Crippen LogP contribution is 2.27. The van der Waals surface area contributed by atoms with E-state index in [2.05, 4.69) is 5.10 Å². The van der Waals surface area contributed by atoms with Crippen LogP contribution in [-0.4, -0.2) is 20.9 Å². The van der Waals surface area contributed by atoms with Crippen LogP contribution in [0.3, 0.4) is 0 Å². The van der Waals surface area contributed by atoms with Gasteiger partial charge in [-0.2, -0.15) is 5.10 Å². The fourth-order valence-electron chi connectivity index (χ4n) is 2.99. The van der Waals surface area contributed by atoms with Crippen LogP contribution in [0.25, 0.3) is 11.3 Å². The molecule has 5 heteroatoms. The summed E-state index contributed by atoms with van der Waals surface area (Å²) in [5, 5.41) is 13.8. The van der Waals surface area contributed by atoms with Crippen LogP contribution in [0, 0.1) is 0 Å². The van der Waals surface area contributed by atoms with Crippen molar-refractivity contribution in [3.05, 3.63) is 52.3 Å². The second kappa shape index (κ2) is 6.13. The number of nitrogens with zero attached hydrogens (tertiary/aromatic N) is 2. The highest BCUT2D eigenvalue weighted by atomic mass is 16.4. The van der Waals surface area contributed by atoms with Crippen molar-refractivity contribution in [1.82, 2.24) is 9.78 Å². The lowest BCUT2D eigenvalue weighted by molar-refractivity contribution is 0.0693. The second-order valence-electron chi connectivity index (χ2n) is 5.66. The highest BCUT2D eigenvalue weighted by molar-refractivity contribution is 5.88. The Morgan fingerprint density at radius 3 is 2.45 bits per heavy atom. The number of carboxylic acids is 1. The predicted molar refractivity (Wildman–Crippen MR) is 83.0 cm³/mol. The van der Waals surface area contributed by atoms with Crippen LogP contribution in [-0.2, 0) is 0 Å². The van der Waals surface area contributed by atoms with E-state index in [9.17, 15) is 14.7 Å². The van der Waals surface area contributed by atoms with Gasteiger partial charge < -0.3 is 5.11 Å². The van der Waals surface area contributed by atoms with E-state index < -0.39 is 11.5 Å². The minimum atomic E-state index is -1.20. The van der Waals surface area contributed by atoms with E-state index in [1.165, 1.54) is 10.7 Å². The lowest BCUT2D eigenvalue weighted by atomic mass is 9.95. The molecule has 0 unspecified atom stereocenters. The van der Waals surface area contributed by atoms with Crippen LogP contribution < -0.4 is 5.56 Å². The molecule has 22 heavy (non-hydrogen) atoms. The third-order valence-electron chi connectivity index (χ3n) is 4.16. The fourth-order valence-corrected chi connectivity index (χ4v) is 2.99.